The van der Waals surface area contributed by atoms with Gasteiger partial charge in [0.25, 0.3) is 0 Å². The van der Waals surface area contributed by atoms with Crippen molar-refractivity contribution >= 4 is 23.6 Å². The Morgan fingerprint density at radius 2 is 2.10 bits per heavy atom. The highest BCUT2D eigenvalue weighted by atomic mass is 32.2. The maximum absolute atomic E-state index is 13.3. The number of carbonyl (C=O) groups excluding carboxylic acids is 2. The van der Waals surface area contributed by atoms with Crippen LogP contribution in [-0.2, 0) is 20.9 Å². The second-order valence-electron chi connectivity index (χ2n) is 7.03. The number of thioether (sulfide) groups is 1. The quantitative estimate of drug-likeness (QED) is 0.585. The van der Waals surface area contributed by atoms with Crippen molar-refractivity contribution in [1.29, 1.82) is 0 Å². The molecule has 0 saturated carbocycles. The second kappa shape index (κ2) is 10.5. The minimum atomic E-state index is -0.613. The van der Waals surface area contributed by atoms with Crippen LogP contribution in [0.25, 0.3) is 11.4 Å². The molecule has 3 rings (SSSR count). The van der Waals surface area contributed by atoms with Gasteiger partial charge in [0, 0.05) is 18.7 Å². The lowest BCUT2D eigenvalue weighted by Gasteiger charge is -2.15. The molecule has 30 heavy (non-hydrogen) atoms. The molecule has 0 radical (unpaired) electrons. The summed E-state index contributed by atoms with van der Waals surface area (Å²) in [7, 11) is 0. The van der Waals surface area contributed by atoms with Crippen LogP contribution < -0.4 is 10.6 Å². The number of nitrogens with one attached hydrogen (secondary N) is 2. The van der Waals surface area contributed by atoms with Crippen molar-refractivity contribution in [2.24, 2.45) is 0 Å². The van der Waals surface area contributed by atoms with Crippen molar-refractivity contribution in [1.82, 2.24) is 25.4 Å². The van der Waals surface area contributed by atoms with E-state index in [1.54, 1.807) is 19.1 Å². The molecule has 0 aliphatic carbocycles. The van der Waals surface area contributed by atoms with Crippen LogP contribution in [0.15, 0.2) is 29.4 Å². The van der Waals surface area contributed by atoms with Crippen LogP contribution in [0.5, 0.6) is 0 Å². The Bertz CT molecular complexity index is 868. The number of ether oxygens (including phenoxy) is 1. The van der Waals surface area contributed by atoms with Crippen molar-refractivity contribution in [2.45, 2.75) is 50.5 Å². The Kier molecular flexibility index (Phi) is 7.81. The normalized spacial score (nSPS) is 17.0. The van der Waals surface area contributed by atoms with E-state index in [9.17, 15) is 14.0 Å². The fraction of sp³-hybridized carbons (Fsp3) is 0.500. The van der Waals surface area contributed by atoms with Crippen LogP contribution in [-0.4, -0.2) is 57.6 Å². The van der Waals surface area contributed by atoms with Gasteiger partial charge < -0.3 is 15.4 Å². The number of hydrogen-bond donors (Lipinski definition) is 2. The van der Waals surface area contributed by atoms with Gasteiger partial charge in [0.05, 0.1) is 18.4 Å². The first kappa shape index (κ1) is 22.2. The number of carbonyl (C=O) groups is 2. The Hall–Kier alpha value is -2.46. The van der Waals surface area contributed by atoms with Crippen molar-refractivity contribution in [2.75, 3.05) is 18.9 Å². The monoisotopic (exact) mass is 435 g/mol. The molecule has 1 fully saturated rings. The maximum Gasteiger partial charge on any atom is 0.242 e. The van der Waals surface area contributed by atoms with Gasteiger partial charge in [0.2, 0.25) is 11.8 Å². The van der Waals surface area contributed by atoms with Crippen LogP contribution in [0.4, 0.5) is 4.39 Å². The van der Waals surface area contributed by atoms with Gasteiger partial charge in [-0.2, -0.15) is 0 Å². The predicted molar refractivity (Wildman–Crippen MR) is 111 cm³/mol. The number of likely N-dealkylation sites (N-methyl/N-ethyl adjacent to an activating group) is 1. The molecule has 2 aromatic rings. The van der Waals surface area contributed by atoms with Gasteiger partial charge in [-0.05, 0) is 51.0 Å². The molecule has 1 aliphatic rings. The maximum atomic E-state index is 13.3. The second-order valence-corrected chi connectivity index (χ2v) is 7.97. The number of nitrogens with zero attached hydrogens (tertiary/aromatic N) is 3. The van der Waals surface area contributed by atoms with E-state index < -0.39 is 6.04 Å². The first-order chi connectivity index (χ1) is 14.5. The van der Waals surface area contributed by atoms with Crippen LogP contribution in [0.1, 0.15) is 26.7 Å². The van der Waals surface area contributed by atoms with E-state index in [2.05, 4.69) is 20.8 Å². The Labute approximate surface area is 179 Å². The summed E-state index contributed by atoms with van der Waals surface area (Å²) in [6.45, 7) is 5.24. The molecule has 2 N–H and O–H groups in total. The van der Waals surface area contributed by atoms with Crippen molar-refractivity contribution in [3.05, 3.63) is 30.1 Å². The highest BCUT2D eigenvalue weighted by Gasteiger charge is 2.23. The molecule has 2 heterocycles. The largest absolute Gasteiger partial charge is 0.376 e. The van der Waals surface area contributed by atoms with Crippen LogP contribution in [0.2, 0.25) is 0 Å². The first-order valence-electron chi connectivity index (χ1n) is 9.98. The molecule has 0 spiro atoms. The molecule has 1 aromatic carbocycles. The molecule has 1 saturated heterocycles. The first-order valence-corrected chi connectivity index (χ1v) is 11.0. The van der Waals surface area contributed by atoms with Crippen molar-refractivity contribution in [3.63, 3.8) is 0 Å². The van der Waals surface area contributed by atoms with Gasteiger partial charge in [-0.3, -0.25) is 14.2 Å². The minimum absolute atomic E-state index is 0.0473. The van der Waals surface area contributed by atoms with E-state index in [0.717, 1.165) is 25.0 Å². The number of benzene rings is 1. The van der Waals surface area contributed by atoms with Gasteiger partial charge in [-0.15, -0.1) is 10.2 Å². The third kappa shape index (κ3) is 5.79. The summed E-state index contributed by atoms with van der Waals surface area (Å²) >= 11 is 1.24. The Morgan fingerprint density at radius 3 is 2.77 bits per heavy atom. The molecule has 8 nitrogen and oxygen atoms in total. The van der Waals surface area contributed by atoms with Crippen molar-refractivity contribution < 1.29 is 18.7 Å². The molecule has 0 unspecified atom stereocenters. The lowest BCUT2D eigenvalue weighted by molar-refractivity contribution is -0.127. The highest BCUT2D eigenvalue weighted by Crippen LogP contribution is 2.26. The fourth-order valence-corrected chi connectivity index (χ4v) is 3.93. The van der Waals surface area contributed by atoms with Gasteiger partial charge in [0.1, 0.15) is 11.9 Å². The molecular weight excluding hydrogens is 409 g/mol. The smallest absolute Gasteiger partial charge is 0.242 e. The Balaban J connectivity index is 1.71. The zero-order chi connectivity index (χ0) is 21.5. The lowest BCUT2D eigenvalue weighted by Crippen LogP contribution is -2.45. The van der Waals surface area contributed by atoms with Crippen LogP contribution in [0.3, 0.4) is 0 Å². The van der Waals surface area contributed by atoms with Crippen LogP contribution >= 0.6 is 11.8 Å². The molecule has 2 amide bonds. The third-order valence-electron chi connectivity index (χ3n) is 4.68. The average molecular weight is 436 g/mol. The standard InChI is InChI=1S/C20H26FN5O3S/c1-3-22-19(28)13(2)23-17(27)12-30-20-25-24-18(14-6-8-15(21)9-7-14)26(20)11-16-5-4-10-29-16/h6-9,13,16H,3-5,10-12H2,1-2H3,(H,22,28)(H,23,27)/t13-,16-/m1/s1. The van der Waals surface area contributed by atoms with Gasteiger partial charge in [0.15, 0.2) is 11.0 Å². The zero-order valence-electron chi connectivity index (χ0n) is 17.1. The number of hydrogen-bond acceptors (Lipinski definition) is 6. The third-order valence-corrected chi connectivity index (χ3v) is 5.65. The topological polar surface area (TPSA) is 98.1 Å². The summed E-state index contributed by atoms with van der Waals surface area (Å²) in [4.78, 5) is 24.1. The van der Waals surface area contributed by atoms with E-state index in [-0.39, 0.29) is 29.5 Å². The molecule has 10 heteroatoms. The fourth-order valence-electron chi connectivity index (χ4n) is 3.17. The number of amides is 2. The van der Waals surface area contributed by atoms with Gasteiger partial charge in [-0.1, -0.05) is 11.8 Å². The minimum Gasteiger partial charge on any atom is -0.376 e. The predicted octanol–water partition coefficient (Wildman–Crippen LogP) is 2.00. The number of aromatic nitrogens is 3. The zero-order valence-corrected chi connectivity index (χ0v) is 17.9. The van der Waals surface area contributed by atoms with E-state index in [0.29, 0.717) is 24.1 Å². The Morgan fingerprint density at radius 1 is 1.33 bits per heavy atom. The summed E-state index contributed by atoms with van der Waals surface area (Å²) in [6.07, 6.45) is 1.99. The number of halogens is 1. The molecule has 1 aliphatic heterocycles. The van der Waals surface area contributed by atoms with E-state index in [1.165, 1.54) is 23.9 Å². The summed E-state index contributed by atoms with van der Waals surface area (Å²) in [5.74, 6) is -0.123. The number of rotatable bonds is 9. The molecule has 162 valence electrons. The van der Waals surface area contributed by atoms with Gasteiger partial charge in [-0.25, -0.2) is 4.39 Å². The van der Waals surface area contributed by atoms with Crippen LogP contribution in [0, 0.1) is 5.82 Å². The summed E-state index contributed by atoms with van der Waals surface area (Å²) in [5, 5.41) is 14.4. The SMILES string of the molecule is CCNC(=O)[C@@H](C)NC(=O)CSc1nnc(-c2ccc(F)cc2)n1C[C@H]1CCCO1. The van der Waals surface area contributed by atoms with Crippen molar-refractivity contribution in [3.8, 4) is 11.4 Å². The molecule has 0 bridgehead atoms. The van der Waals surface area contributed by atoms with E-state index in [4.69, 9.17) is 4.74 Å². The summed E-state index contributed by atoms with van der Waals surface area (Å²) in [6, 6.07) is 5.45. The molecular formula is C20H26FN5O3S. The average Bonchev–Trinajstić information content (AvgIpc) is 3.38. The lowest BCUT2D eigenvalue weighted by atomic mass is 10.2. The highest BCUT2D eigenvalue weighted by molar-refractivity contribution is 7.99. The molecule has 1 aromatic heterocycles. The summed E-state index contributed by atoms with van der Waals surface area (Å²) in [5.41, 5.74) is 0.739. The van der Waals surface area contributed by atoms with E-state index in [1.807, 2.05) is 11.5 Å². The summed E-state index contributed by atoms with van der Waals surface area (Å²) < 4.78 is 21.0. The van der Waals surface area contributed by atoms with E-state index >= 15 is 0 Å². The molecule has 2 atom stereocenters. The van der Waals surface area contributed by atoms with Gasteiger partial charge >= 0.3 is 0 Å².